The van der Waals surface area contributed by atoms with Gasteiger partial charge in [-0.25, -0.2) is 4.98 Å². The monoisotopic (exact) mass is 352 g/mol. The first-order chi connectivity index (χ1) is 12.3. The maximum Gasteiger partial charge on any atom is 0.210 e. The minimum absolute atomic E-state index is 0.741. The number of hydrogen-bond acceptors (Lipinski definition) is 3. The molecule has 0 amide bonds. The van der Waals surface area contributed by atoms with Crippen LogP contribution in [0.5, 0.6) is 0 Å². The number of imidazole rings is 1. The largest absolute Gasteiger partial charge is 0.339 e. The van der Waals surface area contributed by atoms with Crippen molar-refractivity contribution in [1.29, 1.82) is 0 Å². The van der Waals surface area contributed by atoms with Gasteiger partial charge in [0.25, 0.3) is 0 Å². The van der Waals surface area contributed by atoms with Crippen LogP contribution in [0.1, 0.15) is 5.56 Å². The van der Waals surface area contributed by atoms with E-state index in [1.54, 1.807) is 0 Å². The van der Waals surface area contributed by atoms with Crippen LogP contribution in [0.3, 0.4) is 0 Å². The van der Waals surface area contributed by atoms with Crippen molar-refractivity contribution in [1.82, 2.24) is 14.5 Å². The van der Waals surface area contributed by atoms with Crippen LogP contribution >= 0.6 is 11.6 Å². The molecular weight excluding hydrogens is 332 g/mol. The lowest BCUT2D eigenvalue weighted by Gasteiger charge is -2.35. The Balaban J connectivity index is 1.44. The van der Waals surface area contributed by atoms with Crippen LogP contribution in [-0.2, 0) is 6.54 Å². The summed E-state index contributed by atoms with van der Waals surface area (Å²) < 4.78 is 2.11. The number of halogens is 1. The van der Waals surface area contributed by atoms with Crippen LogP contribution in [0.15, 0.2) is 67.0 Å². The molecule has 2 aromatic carbocycles. The van der Waals surface area contributed by atoms with Gasteiger partial charge in [0, 0.05) is 55.8 Å². The van der Waals surface area contributed by atoms with E-state index in [-0.39, 0.29) is 0 Å². The molecule has 2 heterocycles. The molecule has 3 aromatic rings. The molecule has 128 valence electrons. The highest BCUT2D eigenvalue weighted by molar-refractivity contribution is 6.30. The van der Waals surface area contributed by atoms with Gasteiger partial charge in [-0.3, -0.25) is 9.47 Å². The zero-order chi connectivity index (χ0) is 17.1. The predicted octanol–water partition coefficient (Wildman–Crippen LogP) is 3.85. The first kappa shape index (κ1) is 16.2. The second-order valence-corrected chi connectivity index (χ2v) is 6.76. The lowest BCUT2D eigenvalue weighted by molar-refractivity contribution is 0.248. The van der Waals surface area contributed by atoms with Gasteiger partial charge >= 0.3 is 0 Å². The van der Waals surface area contributed by atoms with Crippen molar-refractivity contribution in [3.8, 4) is 5.69 Å². The summed E-state index contributed by atoms with van der Waals surface area (Å²) in [4.78, 5) is 9.43. The molecule has 4 rings (SSSR count). The fourth-order valence-electron chi connectivity index (χ4n) is 3.30. The number of anilines is 1. The molecule has 25 heavy (non-hydrogen) atoms. The molecule has 0 bridgehead atoms. The first-order valence-corrected chi connectivity index (χ1v) is 8.98. The summed E-state index contributed by atoms with van der Waals surface area (Å²) in [5.74, 6) is 0.988. The molecule has 1 aliphatic rings. The summed E-state index contributed by atoms with van der Waals surface area (Å²) in [6, 6.07) is 18.6. The zero-order valence-corrected chi connectivity index (χ0v) is 14.8. The number of nitrogens with zero attached hydrogens (tertiary/aromatic N) is 4. The van der Waals surface area contributed by atoms with Crippen molar-refractivity contribution in [3.05, 3.63) is 77.6 Å². The molecule has 0 atom stereocenters. The van der Waals surface area contributed by atoms with Crippen molar-refractivity contribution in [2.45, 2.75) is 6.54 Å². The van der Waals surface area contributed by atoms with Crippen molar-refractivity contribution >= 4 is 17.5 Å². The summed E-state index contributed by atoms with van der Waals surface area (Å²) in [6.45, 7) is 5.04. The lowest BCUT2D eigenvalue weighted by atomic mass is 10.2. The highest BCUT2D eigenvalue weighted by atomic mass is 35.5. The van der Waals surface area contributed by atoms with E-state index in [1.165, 1.54) is 5.56 Å². The maximum absolute atomic E-state index is 6.14. The summed E-state index contributed by atoms with van der Waals surface area (Å²) >= 11 is 6.14. The molecule has 0 saturated carbocycles. The van der Waals surface area contributed by atoms with Crippen LogP contribution in [0.25, 0.3) is 5.69 Å². The molecule has 0 N–H and O–H groups in total. The quantitative estimate of drug-likeness (QED) is 0.712. The number of hydrogen-bond donors (Lipinski definition) is 0. The molecule has 4 nitrogen and oxygen atoms in total. The van der Waals surface area contributed by atoms with E-state index < -0.39 is 0 Å². The summed E-state index contributed by atoms with van der Waals surface area (Å²) in [7, 11) is 0. The summed E-state index contributed by atoms with van der Waals surface area (Å²) in [6.07, 6.45) is 3.85. The summed E-state index contributed by atoms with van der Waals surface area (Å²) in [5, 5.41) is 0.741. The normalized spacial score (nSPS) is 15.5. The lowest BCUT2D eigenvalue weighted by Crippen LogP contribution is -2.46. The van der Waals surface area contributed by atoms with E-state index in [2.05, 4.69) is 55.7 Å². The van der Waals surface area contributed by atoms with Gasteiger partial charge in [0.15, 0.2) is 0 Å². The molecular formula is C20H21ClN4. The molecule has 1 fully saturated rings. The highest BCUT2D eigenvalue weighted by Gasteiger charge is 2.20. The molecule has 1 saturated heterocycles. The smallest absolute Gasteiger partial charge is 0.210 e. The van der Waals surface area contributed by atoms with Crippen LogP contribution in [-0.4, -0.2) is 40.6 Å². The van der Waals surface area contributed by atoms with Crippen molar-refractivity contribution in [2.75, 3.05) is 31.1 Å². The Morgan fingerprint density at radius 3 is 2.48 bits per heavy atom. The maximum atomic E-state index is 6.14. The molecule has 1 aromatic heterocycles. The van der Waals surface area contributed by atoms with Crippen molar-refractivity contribution in [3.63, 3.8) is 0 Å². The Hall–Kier alpha value is -2.30. The Bertz CT molecular complexity index is 822. The molecule has 1 aliphatic heterocycles. The minimum atomic E-state index is 0.741. The van der Waals surface area contributed by atoms with E-state index in [0.717, 1.165) is 49.4 Å². The third-order valence-electron chi connectivity index (χ3n) is 4.61. The fourth-order valence-corrected chi connectivity index (χ4v) is 3.49. The average molecular weight is 353 g/mol. The van der Waals surface area contributed by atoms with Gasteiger partial charge < -0.3 is 4.90 Å². The Labute approximate surface area is 153 Å². The van der Waals surface area contributed by atoms with E-state index in [9.17, 15) is 0 Å². The van der Waals surface area contributed by atoms with Gasteiger partial charge in [0.2, 0.25) is 5.95 Å². The van der Waals surface area contributed by atoms with Crippen molar-refractivity contribution < 1.29 is 0 Å². The number of rotatable bonds is 4. The number of aromatic nitrogens is 2. The van der Waals surface area contributed by atoms with Gasteiger partial charge in [-0.1, -0.05) is 48.0 Å². The third-order valence-corrected chi connectivity index (χ3v) is 4.85. The van der Waals surface area contributed by atoms with Crippen LogP contribution in [0, 0.1) is 0 Å². The van der Waals surface area contributed by atoms with Gasteiger partial charge in [0.1, 0.15) is 0 Å². The van der Waals surface area contributed by atoms with Crippen LogP contribution in [0.2, 0.25) is 5.02 Å². The van der Waals surface area contributed by atoms with Gasteiger partial charge in [-0.05, 0) is 23.8 Å². The van der Waals surface area contributed by atoms with E-state index >= 15 is 0 Å². The number of piperazine rings is 1. The third kappa shape index (κ3) is 3.70. The second-order valence-electron chi connectivity index (χ2n) is 6.33. The Morgan fingerprint density at radius 1 is 0.920 bits per heavy atom. The summed E-state index contributed by atoms with van der Waals surface area (Å²) in [5.41, 5.74) is 2.42. The standard InChI is InChI=1S/C20H21ClN4/c21-18-7-4-8-19(15-18)25-10-9-22-20(25)24-13-11-23(12-14-24)16-17-5-2-1-3-6-17/h1-10,15H,11-14,16H2. The fraction of sp³-hybridized carbons (Fsp3) is 0.250. The molecule has 0 aliphatic carbocycles. The Morgan fingerprint density at radius 2 is 1.72 bits per heavy atom. The second kappa shape index (κ2) is 7.30. The first-order valence-electron chi connectivity index (χ1n) is 8.60. The molecule has 0 radical (unpaired) electrons. The van der Waals surface area contributed by atoms with Gasteiger partial charge in [-0.15, -0.1) is 0 Å². The van der Waals surface area contributed by atoms with Crippen LogP contribution in [0.4, 0.5) is 5.95 Å². The van der Waals surface area contributed by atoms with Crippen molar-refractivity contribution in [2.24, 2.45) is 0 Å². The minimum Gasteiger partial charge on any atom is -0.339 e. The van der Waals surface area contributed by atoms with E-state index in [4.69, 9.17) is 11.6 Å². The Kier molecular flexibility index (Phi) is 4.72. The van der Waals surface area contributed by atoms with Crippen LogP contribution < -0.4 is 4.90 Å². The van der Waals surface area contributed by atoms with Gasteiger partial charge in [-0.2, -0.15) is 0 Å². The molecule has 0 unspecified atom stereocenters. The van der Waals surface area contributed by atoms with Gasteiger partial charge in [0.05, 0.1) is 0 Å². The topological polar surface area (TPSA) is 24.3 Å². The highest BCUT2D eigenvalue weighted by Crippen LogP contribution is 2.22. The zero-order valence-electron chi connectivity index (χ0n) is 14.1. The predicted molar refractivity (Wildman–Crippen MR) is 103 cm³/mol. The van der Waals surface area contributed by atoms with E-state index in [1.807, 2.05) is 30.6 Å². The molecule has 0 spiro atoms. The SMILES string of the molecule is Clc1cccc(-n2ccnc2N2CCN(Cc3ccccc3)CC2)c1. The average Bonchev–Trinajstić information content (AvgIpc) is 3.13. The molecule has 5 heteroatoms. The van der Waals surface area contributed by atoms with E-state index in [0.29, 0.717) is 0 Å². The number of benzene rings is 2.